The molecule has 1 saturated heterocycles. The first-order chi connectivity index (χ1) is 13.1. The van der Waals surface area contributed by atoms with Gasteiger partial charge in [0.2, 0.25) is 0 Å². The summed E-state index contributed by atoms with van der Waals surface area (Å²) >= 11 is 0. The molecule has 4 heteroatoms. The van der Waals surface area contributed by atoms with Crippen LogP contribution >= 0.6 is 0 Å². The van der Waals surface area contributed by atoms with Gasteiger partial charge in [0.25, 0.3) is 0 Å². The molecule has 0 spiro atoms. The Hall–Kier alpha value is -1.68. The lowest BCUT2D eigenvalue weighted by Gasteiger charge is -2.33. The highest BCUT2D eigenvalue weighted by molar-refractivity contribution is 5.98. The van der Waals surface area contributed by atoms with E-state index in [0.29, 0.717) is 11.7 Å². The van der Waals surface area contributed by atoms with Crippen molar-refractivity contribution >= 4 is 11.8 Å². The smallest absolute Gasteiger partial charge is 0.317 e. The van der Waals surface area contributed by atoms with Crippen LogP contribution in [-0.4, -0.2) is 23.0 Å². The first-order valence-electron chi connectivity index (χ1n) is 10.6. The van der Waals surface area contributed by atoms with Crippen molar-refractivity contribution in [3.63, 3.8) is 0 Å². The number of rotatable bonds is 2. The molecule has 0 unspecified atom stereocenters. The maximum Gasteiger partial charge on any atom is 0.317 e. The van der Waals surface area contributed by atoms with Gasteiger partial charge >= 0.3 is 5.97 Å². The molecular weight excluding hydrogens is 352 g/mol. The zero-order valence-electron chi connectivity index (χ0n) is 18.0. The van der Waals surface area contributed by atoms with Crippen LogP contribution in [0.1, 0.15) is 67.2 Å². The Kier molecular flexibility index (Phi) is 5.73. The fraction of sp³-hybridized carbons (Fsp3) is 0.667. The minimum Gasteiger partial charge on any atom is -0.430 e. The van der Waals surface area contributed by atoms with E-state index in [4.69, 9.17) is 4.74 Å². The van der Waals surface area contributed by atoms with Gasteiger partial charge in [-0.05, 0) is 69.9 Å². The monoisotopic (exact) mass is 386 g/mol. The number of ether oxygens (including phenoxy) is 1. The van der Waals surface area contributed by atoms with E-state index in [2.05, 4.69) is 33.8 Å². The lowest BCUT2D eigenvalue weighted by atomic mass is 9.69. The van der Waals surface area contributed by atoms with Crippen LogP contribution in [0.4, 0.5) is 0 Å². The van der Waals surface area contributed by atoms with Crippen LogP contribution < -0.4 is 0 Å². The molecule has 2 aliphatic carbocycles. The van der Waals surface area contributed by atoms with Crippen molar-refractivity contribution in [2.75, 3.05) is 0 Å². The molecule has 3 aliphatic rings. The fourth-order valence-electron chi connectivity index (χ4n) is 5.24. The SMILES string of the molecule is C/C1=C/[C@H]2/C(=C(/C)CC[C@]3(C)C(=O)C=C(C(C)C)[C@H]3CC1)OC(=O)[C@@H]2[C@H](C)O. The predicted octanol–water partition coefficient (Wildman–Crippen LogP) is 4.74. The lowest BCUT2D eigenvalue weighted by molar-refractivity contribution is -0.142. The maximum absolute atomic E-state index is 13.0. The average Bonchev–Trinajstić information content (AvgIpc) is 3.05. The summed E-state index contributed by atoms with van der Waals surface area (Å²) in [4.78, 5) is 25.4. The molecule has 0 amide bonds. The van der Waals surface area contributed by atoms with Gasteiger partial charge in [0.15, 0.2) is 5.78 Å². The molecule has 0 saturated carbocycles. The molecule has 0 radical (unpaired) electrons. The van der Waals surface area contributed by atoms with Crippen LogP contribution in [0, 0.1) is 29.1 Å². The van der Waals surface area contributed by atoms with E-state index in [9.17, 15) is 14.7 Å². The van der Waals surface area contributed by atoms with Crippen molar-refractivity contribution in [1.82, 2.24) is 0 Å². The first kappa shape index (κ1) is 21.0. The molecule has 4 nitrogen and oxygen atoms in total. The van der Waals surface area contributed by atoms with Crippen LogP contribution in [-0.2, 0) is 14.3 Å². The Bertz CT molecular complexity index is 767. The quantitative estimate of drug-likeness (QED) is 0.550. The van der Waals surface area contributed by atoms with Gasteiger partial charge in [-0.3, -0.25) is 9.59 Å². The Morgan fingerprint density at radius 2 is 1.86 bits per heavy atom. The fourth-order valence-corrected chi connectivity index (χ4v) is 5.24. The number of aliphatic hydroxyl groups excluding tert-OH is 1. The van der Waals surface area contributed by atoms with Crippen molar-refractivity contribution < 1.29 is 19.4 Å². The molecule has 1 heterocycles. The van der Waals surface area contributed by atoms with Gasteiger partial charge in [0.05, 0.1) is 17.9 Å². The number of hydrogen-bond acceptors (Lipinski definition) is 4. The summed E-state index contributed by atoms with van der Waals surface area (Å²) in [5.74, 6) is 0.429. The standard InChI is InChI=1S/C24H34O4/c1-13(2)17-12-20(26)24(6)10-9-15(4)22-18(11-14(3)7-8-19(17)24)21(16(5)25)23(27)28-22/h11-13,16,18-19,21,25H,7-10H2,1-6H3/b14-11-,22-15+/t16-,18+,19+,21+,24-/m0/s1. The number of ketones is 1. The van der Waals surface area contributed by atoms with Gasteiger partial charge in [-0.2, -0.15) is 0 Å². The van der Waals surface area contributed by atoms with Gasteiger partial charge in [-0.25, -0.2) is 0 Å². The predicted molar refractivity (Wildman–Crippen MR) is 109 cm³/mol. The molecule has 154 valence electrons. The first-order valence-corrected chi connectivity index (χ1v) is 10.6. The number of hydrogen-bond donors (Lipinski definition) is 1. The zero-order valence-corrected chi connectivity index (χ0v) is 18.0. The van der Waals surface area contributed by atoms with Gasteiger partial charge in [0, 0.05) is 5.41 Å². The van der Waals surface area contributed by atoms with Crippen LogP contribution in [0.5, 0.6) is 0 Å². The molecule has 0 aromatic rings. The van der Waals surface area contributed by atoms with E-state index >= 15 is 0 Å². The summed E-state index contributed by atoms with van der Waals surface area (Å²) in [5.41, 5.74) is 3.08. The number of fused-ring (bicyclic) bond motifs is 2. The molecule has 0 bridgehead atoms. The van der Waals surface area contributed by atoms with Crippen molar-refractivity contribution in [3.05, 3.63) is 34.6 Å². The van der Waals surface area contributed by atoms with Crippen LogP contribution in [0.3, 0.4) is 0 Å². The highest BCUT2D eigenvalue weighted by Gasteiger charge is 2.48. The Balaban J connectivity index is 2.02. The average molecular weight is 387 g/mol. The normalized spacial score (nSPS) is 39.5. The Labute approximate surface area is 168 Å². The molecule has 1 aliphatic heterocycles. The minimum atomic E-state index is -0.758. The number of carbonyl (C=O) groups excluding carboxylic acids is 2. The molecule has 3 rings (SSSR count). The maximum atomic E-state index is 13.0. The highest BCUT2D eigenvalue weighted by atomic mass is 16.5. The largest absolute Gasteiger partial charge is 0.430 e. The molecule has 0 aromatic heterocycles. The van der Waals surface area contributed by atoms with Crippen LogP contribution in [0.25, 0.3) is 0 Å². The highest BCUT2D eigenvalue weighted by Crippen LogP contribution is 2.50. The molecule has 1 fully saturated rings. The zero-order chi connectivity index (χ0) is 20.8. The van der Waals surface area contributed by atoms with E-state index in [0.717, 1.165) is 31.3 Å². The Morgan fingerprint density at radius 1 is 1.18 bits per heavy atom. The van der Waals surface area contributed by atoms with Crippen LogP contribution in [0.2, 0.25) is 0 Å². The third kappa shape index (κ3) is 3.52. The molecule has 28 heavy (non-hydrogen) atoms. The second-order valence-corrected chi connectivity index (χ2v) is 9.54. The summed E-state index contributed by atoms with van der Waals surface area (Å²) < 4.78 is 5.64. The second-order valence-electron chi connectivity index (χ2n) is 9.54. The molecular formula is C24H34O4. The van der Waals surface area contributed by atoms with E-state index in [1.165, 1.54) is 11.1 Å². The number of allylic oxidation sites excluding steroid dienone is 5. The third-order valence-electron chi connectivity index (χ3n) is 7.12. The van der Waals surface area contributed by atoms with Crippen molar-refractivity contribution in [3.8, 4) is 0 Å². The van der Waals surface area contributed by atoms with Gasteiger partial charge in [-0.15, -0.1) is 0 Å². The van der Waals surface area contributed by atoms with Crippen molar-refractivity contribution in [2.24, 2.45) is 29.1 Å². The summed E-state index contributed by atoms with van der Waals surface area (Å²) in [6.45, 7) is 12.2. The Morgan fingerprint density at radius 3 is 2.46 bits per heavy atom. The molecule has 5 atom stereocenters. The number of esters is 1. The minimum absolute atomic E-state index is 0.214. The van der Waals surface area contributed by atoms with Gasteiger partial charge < -0.3 is 9.84 Å². The summed E-state index contributed by atoms with van der Waals surface area (Å²) in [6.07, 6.45) is 6.53. The second kappa shape index (κ2) is 7.62. The summed E-state index contributed by atoms with van der Waals surface area (Å²) in [5, 5.41) is 10.2. The van der Waals surface area contributed by atoms with E-state index in [1.807, 2.05) is 13.0 Å². The number of carbonyl (C=O) groups is 2. The van der Waals surface area contributed by atoms with Crippen LogP contribution in [0.15, 0.2) is 34.6 Å². The topological polar surface area (TPSA) is 63.6 Å². The van der Waals surface area contributed by atoms with E-state index in [-0.39, 0.29) is 23.6 Å². The lowest BCUT2D eigenvalue weighted by Crippen LogP contribution is -2.32. The van der Waals surface area contributed by atoms with Gasteiger partial charge in [-0.1, -0.05) is 38.0 Å². The van der Waals surface area contributed by atoms with E-state index in [1.54, 1.807) is 6.92 Å². The van der Waals surface area contributed by atoms with Crippen molar-refractivity contribution in [1.29, 1.82) is 0 Å². The third-order valence-corrected chi connectivity index (χ3v) is 7.12. The van der Waals surface area contributed by atoms with Gasteiger partial charge in [0.1, 0.15) is 5.76 Å². The van der Waals surface area contributed by atoms with E-state index < -0.39 is 17.4 Å². The summed E-state index contributed by atoms with van der Waals surface area (Å²) in [6, 6.07) is 0. The molecule has 0 aromatic carbocycles. The number of aliphatic hydroxyl groups is 1. The van der Waals surface area contributed by atoms with Crippen molar-refractivity contribution in [2.45, 2.75) is 73.3 Å². The molecule has 1 N–H and O–H groups in total. The summed E-state index contributed by atoms with van der Waals surface area (Å²) in [7, 11) is 0.